The predicted octanol–water partition coefficient (Wildman–Crippen LogP) is 2.69. The van der Waals surface area contributed by atoms with Crippen molar-refractivity contribution in [2.45, 2.75) is 56.1 Å². The number of sulfonamides is 1. The second kappa shape index (κ2) is 9.65. The van der Waals surface area contributed by atoms with Crippen LogP contribution >= 0.6 is 11.6 Å². The Morgan fingerprint density at radius 2 is 1.82 bits per heavy atom. The van der Waals surface area contributed by atoms with Crippen LogP contribution in [0.2, 0.25) is 5.02 Å². The van der Waals surface area contributed by atoms with Crippen LogP contribution in [0, 0.1) is 11.8 Å². The molecule has 3 aliphatic rings. The van der Waals surface area contributed by atoms with Gasteiger partial charge in [0.15, 0.2) is 11.6 Å². The van der Waals surface area contributed by atoms with E-state index in [9.17, 15) is 8.42 Å². The van der Waals surface area contributed by atoms with Gasteiger partial charge in [-0.15, -0.1) is 10.2 Å². The van der Waals surface area contributed by atoms with Gasteiger partial charge < -0.3 is 14.2 Å². The van der Waals surface area contributed by atoms with Crippen molar-refractivity contribution in [2.75, 3.05) is 31.7 Å². The van der Waals surface area contributed by atoms with Gasteiger partial charge in [-0.05, 0) is 44.4 Å². The molecule has 186 valence electrons. The van der Waals surface area contributed by atoms with E-state index in [1.54, 1.807) is 6.92 Å². The standard InChI is InChI=1S/C21H29ClN6O5S/c1-12(18(31-2)19-23-9-15(22)10-24-19)34(29,30)27-21-26-25-20(16-11-32-7-8-33-16)28(21)17(13-3-4-13)14-5-6-14/h9-10,12-14,16-18H,3-8,11H2,1-2H3,(H,26,27)/t12-,16+,18-/m0/s1. The Bertz CT molecular complexity index is 1090. The SMILES string of the molecule is CO[C@H](c1ncc(Cl)cn1)[C@H](C)S(=O)(=O)Nc1nnc([C@H]2COCCO2)n1C(C1CC1)C1CC1. The fraction of sp³-hybridized carbons (Fsp3) is 0.714. The van der Waals surface area contributed by atoms with Gasteiger partial charge in [-0.2, -0.15) is 0 Å². The van der Waals surface area contributed by atoms with Crippen molar-refractivity contribution >= 4 is 27.6 Å². The Morgan fingerprint density at radius 1 is 1.15 bits per heavy atom. The van der Waals surface area contributed by atoms with E-state index in [-0.39, 0.29) is 23.9 Å². The van der Waals surface area contributed by atoms with Crippen molar-refractivity contribution in [3.63, 3.8) is 0 Å². The molecule has 1 N–H and O–H groups in total. The number of anilines is 1. The molecular weight excluding hydrogens is 484 g/mol. The second-order valence-electron chi connectivity index (χ2n) is 9.12. The average molecular weight is 513 g/mol. The van der Waals surface area contributed by atoms with Crippen LogP contribution in [0.5, 0.6) is 0 Å². The number of hydrogen-bond donors (Lipinski definition) is 1. The lowest BCUT2D eigenvalue weighted by Crippen LogP contribution is -2.34. The van der Waals surface area contributed by atoms with Crippen LogP contribution in [-0.2, 0) is 24.2 Å². The number of methoxy groups -OCH3 is 1. The van der Waals surface area contributed by atoms with Crippen LogP contribution in [0.25, 0.3) is 0 Å². The molecule has 0 aromatic carbocycles. The molecule has 2 aromatic rings. The molecule has 2 saturated carbocycles. The highest BCUT2D eigenvalue weighted by Gasteiger charge is 2.46. The summed E-state index contributed by atoms with van der Waals surface area (Å²) in [6.45, 7) is 2.90. The fourth-order valence-electron chi connectivity index (χ4n) is 4.56. The summed E-state index contributed by atoms with van der Waals surface area (Å²) < 4.78 is 48.5. The topological polar surface area (TPSA) is 130 Å². The lowest BCUT2D eigenvalue weighted by atomic mass is 10.1. The van der Waals surface area contributed by atoms with E-state index in [4.69, 9.17) is 25.8 Å². The van der Waals surface area contributed by atoms with E-state index in [2.05, 4.69) is 24.9 Å². The smallest absolute Gasteiger partial charge is 0.240 e. The molecule has 3 atom stereocenters. The first-order valence-corrected chi connectivity index (χ1v) is 13.5. The van der Waals surface area contributed by atoms with Gasteiger partial charge in [0.1, 0.15) is 17.5 Å². The van der Waals surface area contributed by atoms with Gasteiger partial charge in [-0.25, -0.2) is 18.4 Å². The first-order chi connectivity index (χ1) is 16.4. The Balaban J connectivity index is 1.45. The third kappa shape index (κ3) is 4.92. The summed E-state index contributed by atoms with van der Waals surface area (Å²) in [5, 5.41) is 7.98. The molecule has 0 spiro atoms. The maximum absolute atomic E-state index is 13.5. The average Bonchev–Trinajstić information content (AvgIpc) is 3.76. The molecule has 5 rings (SSSR count). The summed E-state index contributed by atoms with van der Waals surface area (Å²) in [4.78, 5) is 8.28. The predicted molar refractivity (Wildman–Crippen MR) is 123 cm³/mol. The quantitative estimate of drug-likeness (QED) is 0.510. The van der Waals surface area contributed by atoms with Crippen molar-refractivity contribution < 1.29 is 22.6 Å². The van der Waals surface area contributed by atoms with Gasteiger partial charge in [0.05, 0.1) is 24.8 Å². The minimum Gasteiger partial charge on any atom is -0.376 e. The van der Waals surface area contributed by atoms with Crippen molar-refractivity contribution in [3.8, 4) is 0 Å². The molecule has 0 radical (unpaired) electrons. The van der Waals surface area contributed by atoms with Gasteiger partial charge in [0, 0.05) is 25.5 Å². The first-order valence-electron chi connectivity index (χ1n) is 11.5. The summed E-state index contributed by atoms with van der Waals surface area (Å²) in [5.74, 6) is 2.02. The van der Waals surface area contributed by atoms with Crippen LogP contribution in [0.1, 0.15) is 62.5 Å². The van der Waals surface area contributed by atoms with Crippen LogP contribution < -0.4 is 4.72 Å². The molecule has 0 bridgehead atoms. The van der Waals surface area contributed by atoms with E-state index in [0.29, 0.717) is 42.5 Å². The first kappa shape index (κ1) is 23.9. The van der Waals surface area contributed by atoms with Gasteiger partial charge in [0.2, 0.25) is 16.0 Å². The Kier molecular flexibility index (Phi) is 6.77. The molecule has 2 aliphatic carbocycles. The molecule has 3 heterocycles. The molecule has 34 heavy (non-hydrogen) atoms. The van der Waals surface area contributed by atoms with E-state index >= 15 is 0 Å². The number of aromatic nitrogens is 5. The van der Waals surface area contributed by atoms with E-state index in [1.807, 2.05) is 4.57 Å². The Hall–Kier alpha value is -1.86. The van der Waals surface area contributed by atoms with Gasteiger partial charge >= 0.3 is 0 Å². The number of ether oxygens (including phenoxy) is 3. The van der Waals surface area contributed by atoms with E-state index in [0.717, 1.165) is 25.7 Å². The van der Waals surface area contributed by atoms with E-state index in [1.165, 1.54) is 19.5 Å². The Morgan fingerprint density at radius 3 is 2.38 bits per heavy atom. The summed E-state index contributed by atoms with van der Waals surface area (Å²) in [7, 11) is -2.53. The third-order valence-corrected chi connectivity index (χ3v) is 8.52. The zero-order chi connectivity index (χ0) is 23.9. The maximum Gasteiger partial charge on any atom is 0.240 e. The molecule has 1 saturated heterocycles. The minimum absolute atomic E-state index is 0.140. The third-order valence-electron chi connectivity index (χ3n) is 6.63. The molecule has 11 nitrogen and oxygen atoms in total. The normalized spacial score (nSPS) is 23.1. The highest BCUT2D eigenvalue weighted by atomic mass is 35.5. The number of hydrogen-bond acceptors (Lipinski definition) is 9. The highest BCUT2D eigenvalue weighted by molar-refractivity contribution is 7.93. The monoisotopic (exact) mass is 512 g/mol. The number of nitrogens with one attached hydrogen (secondary N) is 1. The van der Waals surface area contributed by atoms with Crippen molar-refractivity contribution in [1.82, 2.24) is 24.7 Å². The largest absolute Gasteiger partial charge is 0.376 e. The fourth-order valence-corrected chi connectivity index (χ4v) is 5.80. The van der Waals surface area contributed by atoms with Gasteiger partial charge in [-0.3, -0.25) is 9.29 Å². The van der Waals surface area contributed by atoms with Crippen LogP contribution in [0.3, 0.4) is 0 Å². The number of nitrogens with zero attached hydrogens (tertiary/aromatic N) is 5. The summed E-state index contributed by atoms with van der Waals surface area (Å²) >= 11 is 5.88. The van der Waals surface area contributed by atoms with Gasteiger partial charge in [0.25, 0.3) is 0 Å². The molecule has 0 amide bonds. The summed E-state index contributed by atoms with van der Waals surface area (Å²) in [6, 6.07) is 0.140. The zero-order valence-electron chi connectivity index (χ0n) is 19.1. The molecule has 2 aromatic heterocycles. The molecule has 13 heteroatoms. The molecule has 3 fully saturated rings. The van der Waals surface area contributed by atoms with Gasteiger partial charge in [-0.1, -0.05) is 11.6 Å². The molecule has 1 aliphatic heterocycles. The van der Waals surface area contributed by atoms with Crippen LogP contribution in [-0.4, -0.2) is 65.3 Å². The lowest BCUT2D eigenvalue weighted by Gasteiger charge is -2.28. The van der Waals surface area contributed by atoms with E-state index < -0.39 is 21.4 Å². The lowest BCUT2D eigenvalue weighted by molar-refractivity contribution is -0.0953. The highest BCUT2D eigenvalue weighted by Crippen LogP contribution is 2.53. The number of rotatable bonds is 10. The molecule has 0 unspecified atom stereocenters. The summed E-state index contributed by atoms with van der Waals surface area (Å²) in [5.41, 5.74) is 0. The van der Waals surface area contributed by atoms with Crippen molar-refractivity contribution in [3.05, 3.63) is 29.1 Å². The van der Waals surface area contributed by atoms with Crippen LogP contribution in [0.4, 0.5) is 5.95 Å². The second-order valence-corrected chi connectivity index (χ2v) is 11.6. The zero-order valence-corrected chi connectivity index (χ0v) is 20.7. The van der Waals surface area contributed by atoms with Crippen molar-refractivity contribution in [2.24, 2.45) is 11.8 Å². The molecular formula is C21H29ClN6O5S. The van der Waals surface area contributed by atoms with Crippen LogP contribution in [0.15, 0.2) is 12.4 Å². The van der Waals surface area contributed by atoms with Crippen molar-refractivity contribution in [1.29, 1.82) is 0 Å². The Labute approximate surface area is 203 Å². The number of halogens is 1. The maximum atomic E-state index is 13.5. The minimum atomic E-state index is -3.95. The summed E-state index contributed by atoms with van der Waals surface area (Å²) in [6.07, 6.45) is 5.99.